The smallest absolute Gasteiger partial charge is 0.248 e. The number of nitriles is 1. The van der Waals surface area contributed by atoms with Crippen LogP contribution in [0.5, 0.6) is 5.75 Å². The molecule has 6 aromatic carbocycles. The van der Waals surface area contributed by atoms with Gasteiger partial charge in [-0.1, -0.05) is 184 Å². The molecule has 0 atom stereocenters. The summed E-state index contributed by atoms with van der Waals surface area (Å²) in [5, 5.41) is 34.2. The number of aromatic nitrogens is 5. The van der Waals surface area contributed by atoms with E-state index in [0.717, 1.165) is 83.3 Å². The Hall–Kier alpha value is -7.61. The van der Waals surface area contributed by atoms with Crippen molar-refractivity contribution in [1.82, 2.24) is 24.7 Å². The van der Waals surface area contributed by atoms with E-state index in [1.807, 2.05) is 6.07 Å². The second-order valence-electron chi connectivity index (χ2n) is 27.5. The Morgan fingerprint density at radius 3 is 1.83 bits per heavy atom. The largest absolute Gasteiger partial charge is 0.507 e. The molecule has 0 saturated heterocycles. The lowest BCUT2D eigenvalue weighted by atomic mass is 9.79. The van der Waals surface area contributed by atoms with Crippen molar-refractivity contribution in [1.29, 1.82) is 5.26 Å². The number of para-hydroxylation sites is 1. The fourth-order valence-electron chi connectivity index (χ4n) is 10.6. The molecule has 0 aliphatic carbocycles. The van der Waals surface area contributed by atoms with Gasteiger partial charge in [0, 0.05) is 38.6 Å². The van der Waals surface area contributed by atoms with E-state index in [2.05, 4.69) is 247 Å². The van der Waals surface area contributed by atoms with Gasteiger partial charge < -0.3 is 13.9 Å². The summed E-state index contributed by atoms with van der Waals surface area (Å²) in [6.45, 7) is 39.4. The van der Waals surface area contributed by atoms with Gasteiger partial charge in [-0.25, -0.2) is 4.98 Å². The molecule has 4 heterocycles. The third-order valence-corrected chi connectivity index (χ3v) is 16.6. The molecule has 0 unspecified atom stereocenters. The minimum Gasteiger partial charge on any atom is -0.507 e. The summed E-state index contributed by atoms with van der Waals surface area (Å²) in [6.07, 6.45) is 1.80. The van der Waals surface area contributed by atoms with Crippen LogP contribution in [-0.4, -0.2) is 37.9 Å². The van der Waals surface area contributed by atoms with Gasteiger partial charge in [-0.05, 0) is 103 Å². The number of aromatic hydroxyl groups is 1. The van der Waals surface area contributed by atoms with E-state index in [4.69, 9.17) is 18.8 Å². The monoisotopic (exact) mass is 1050 g/mol. The average molecular weight is 1050 g/mol. The molecule has 0 bridgehead atoms. The number of phenolic OH excluding ortho intramolecular Hbond substituents is 1. The maximum atomic E-state index is 12.7. The summed E-state index contributed by atoms with van der Waals surface area (Å²) in [4.78, 5) is 10.9. The molecule has 10 heteroatoms. The predicted octanol–water partition coefficient (Wildman–Crippen LogP) is 17.6. The molecule has 10 aromatic rings. The van der Waals surface area contributed by atoms with Crippen LogP contribution in [0.1, 0.15) is 137 Å². The van der Waals surface area contributed by atoms with Crippen molar-refractivity contribution in [2.45, 2.75) is 151 Å². The van der Waals surface area contributed by atoms with Gasteiger partial charge in [-0.3, -0.25) is 9.55 Å². The van der Waals surface area contributed by atoms with Crippen molar-refractivity contribution >= 4 is 46.6 Å². The van der Waals surface area contributed by atoms with Crippen molar-refractivity contribution in [3.05, 3.63) is 149 Å². The van der Waals surface area contributed by atoms with E-state index >= 15 is 0 Å². The highest BCUT2D eigenvalue weighted by Gasteiger charge is 2.33. The molecule has 0 aliphatic rings. The molecule has 0 radical (unpaired) electrons. The zero-order chi connectivity index (χ0) is 56.4. The molecule has 0 saturated carbocycles. The number of fused-ring (bicyclic) bond motifs is 4. The molecular formula is C68H74N6O3Si. The minimum atomic E-state index is -1.96. The number of imidazole rings is 1. The van der Waals surface area contributed by atoms with Gasteiger partial charge in [0.15, 0.2) is 19.2 Å². The lowest BCUT2D eigenvalue weighted by molar-refractivity contribution is 0.446. The summed E-state index contributed by atoms with van der Waals surface area (Å²) in [6, 6.07) is 41.5. The van der Waals surface area contributed by atoms with Gasteiger partial charge in [0.1, 0.15) is 23.2 Å². The van der Waals surface area contributed by atoms with Crippen LogP contribution in [0.3, 0.4) is 0 Å². The van der Waals surface area contributed by atoms with Crippen molar-refractivity contribution in [2.24, 2.45) is 0 Å². The van der Waals surface area contributed by atoms with Crippen LogP contribution in [-0.2, 0) is 27.1 Å². The molecule has 0 fully saturated rings. The molecule has 0 amide bonds. The summed E-state index contributed by atoms with van der Waals surface area (Å²) in [7, 11) is -1.96. The quantitative estimate of drug-likeness (QED) is 0.156. The standard InChI is InChI=1S/C68H74N6O3Si/c1-64(2,3)42-27-28-54(46(32-42)39-23-20-19-21-24-39)74-55-26-22-25-45(58(55)71-61(74)50-33-44(66(7,8)9)34-52(59(50)75)67(10,11)12)40-29-41(31-43(30-40)65(4,5)6)53-36-47-48-35-49(62-72-73-63(77-62)78(16,17)18)51(37-69)57(68(13,14)15)60(48)76-56(47)38-70-53/h19-36,38,75H,1-18H3. The van der Waals surface area contributed by atoms with Crippen LogP contribution in [0.2, 0.25) is 19.6 Å². The lowest BCUT2D eigenvalue weighted by Crippen LogP contribution is -2.38. The van der Waals surface area contributed by atoms with Crippen molar-refractivity contribution in [3.63, 3.8) is 0 Å². The molecule has 398 valence electrons. The first-order chi connectivity index (χ1) is 36.3. The summed E-state index contributed by atoms with van der Waals surface area (Å²) in [5.74, 6) is 1.21. The van der Waals surface area contributed by atoms with Crippen LogP contribution in [0.15, 0.2) is 124 Å². The summed E-state index contributed by atoms with van der Waals surface area (Å²) < 4.78 is 15.4. The Kier molecular flexibility index (Phi) is 12.8. The van der Waals surface area contributed by atoms with E-state index in [0.29, 0.717) is 45.1 Å². The van der Waals surface area contributed by atoms with E-state index in [-0.39, 0.29) is 27.4 Å². The van der Waals surface area contributed by atoms with Gasteiger partial charge in [-0.15, -0.1) is 10.2 Å². The first kappa shape index (κ1) is 53.8. The second-order valence-corrected chi connectivity index (χ2v) is 32.4. The number of phenols is 1. The summed E-state index contributed by atoms with van der Waals surface area (Å²) >= 11 is 0. The van der Waals surface area contributed by atoms with Crippen molar-refractivity contribution < 1.29 is 13.9 Å². The highest BCUT2D eigenvalue weighted by Crippen LogP contribution is 2.48. The summed E-state index contributed by atoms with van der Waals surface area (Å²) in [5.41, 5.74) is 15.8. The van der Waals surface area contributed by atoms with E-state index in [1.54, 1.807) is 6.20 Å². The zero-order valence-corrected chi connectivity index (χ0v) is 49.9. The van der Waals surface area contributed by atoms with Crippen molar-refractivity contribution in [3.8, 4) is 73.9 Å². The molecule has 1 N–H and O–H groups in total. The van der Waals surface area contributed by atoms with Gasteiger partial charge in [0.05, 0.1) is 45.3 Å². The topological polar surface area (TPSA) is 127 Å². The number of furan rings is 1. The van der Waals surface area contributed by atoms with E-state index in [1.165, 1.54) is 5.56 Å². The van der Waals surface area contributed by atoms with Gasteiger partial charge in [0.2, 0.25) is 5.89 Å². The highest BCUT2D eigenvalue weighted by atomic mass is 28.3. The SMILES string of the molecule is CC(C)(C)c1cc(-c2cc3c(cn2)oc2c(C(C)(C)C)c(C#N)c(-c4nnc([Si](C)(C)C)o4)cc23)cc(-c2cccc3c2nc(-c2cc(C(C)(C)C)cc(C(C)(C)C)c2O)n3-c2ccc(C(C)(C)C)cc2-c2ccccc2)c1. The Balaban J connectivity index is 1.25. The highest BCUT2D eigenvalue weighted by molar-refractivity contribution is 6.87. The van der Waals surface area contributed by atoms with Crippen LogP contribution in [0.25, 0.3) is 95.0 Å². The fourth-order valence-corrected chi connectivity index (χ4v) is 11.3. The number of hydrogen-bond acceptors (Lipinski definition) is 8. The normalized spacial score (nSPS) is 13.0. The molecule has 10 rings (SSSR count). The molecule has 4 aromatic heterocycles. The molecule has 78 heavy (non-hydrogen) atoms. The van der Waals surface area contributed by atoms with E-state index < -0.39 is 13.5 Å². The number of nitrogens with zero attached hydrogens (tertiary/aromatic N) is 6. The Morgan fingerprint density at radius 1 is 0.564 bits per heavy atom. The van der Waals surface area contributed by atoms with Gasteiger partial charge in [-0.2, -0.15) is 5.26 Å². The molecule has 0 aliphatic heterocycles. The Labute approximate surface area is 461 Å². The van der Waals surface area contributed by atoms with Crippen LogP contribution >= 0.6 is 0 Å². The van der Waals surface area contributed by atoms with Crippen molar-refractivity contribution in [2.75, 3.05) is 0 Å². The molecule has 9 nitrogen and oxygen atoms in total. The number of hydrogen-bond donors (Lipinski definition) is 1. The van der Waals surface area contributed by atoms with E-state index in [9.17, 15) is 10.4 Å². The maximum absolute atomic E-state index is 12.7. The second kappa shape index (κ2) is 18.5. The Morgan fingerprint density at radius 2 is 1.22 bits per heavy atom. The molecule has 0 spiro atoms. The third kappa shape index (κ3) is 9.65. The number of pyridine rings is 1. The van der Waals surface area contributed by atoms with Crippen LogP contribution in [0, 0.1) is 11.3 Å². The number of rotatable bonds is 7. The van der Waals surface area contributed by atoms with Crippen LogP contribution < -0.4 is 5.51 Å². The first-order valence-corrected chi connectivity index (χ1v) is 30.7. The maximum Gasteiger partial charge on any atom is 0.248 e. The molecular weight excluding hydrogens is 977 g/mol. The van der Waals surface area contributed by atoms with Crippen LogP contribution in [0.4, 0.5) is 0 Å². The predicted molar refractivity (Wildman–Crippen MR) is 324 cm³/mol. The zero-order valence-electron chi connectivity index (χ0n) is 48.9. The lowest BCUT2D eigenvalue weighted by Gasteiger charge is -2.28. The Bertz CT molecular complexity index is 4050. The fraction of sp³-hybridized carbons (Fsp3) is 0.338. The third-order valence-electron chi connectivity index (χ3n) is 15.1. The minimum absolute atomic E-state index is 0.109. The van der Waals surface area contributed by atoms with Gasteiger partial charge >= 0.3 is 0 Å². The first-order valence-electron chi connectivity index (χ1n) is 27.2. The van der Waals surface area contributed by atoms with Gasteiger partial charge in [0.25, 0.3) is 0 Å². The average Bonchev–Trinajstić information content (AvgIpc) is 4.28. The number of benzene rings is 6.